The summed E-state index contributed by atoms with van der Waals surface area (Å²) >= 11 is 0. The quantitative estimate of drug-likeness (QED) is 0.347. The van der Waals surface area contributed by atoms with Crippen LogP contribution in [-0.4, -0.2) is 64.7 Å². The number of carbonyl (C=O) groups is 1. The molecular formula is C25H28FN3O7. The van der Waals surface area contributed by atoms with Crippen LogP contribution < -0.4 is 20.3 Å². The maximum Gasteiger partial charge on any atom is 0.287 e. The highest BCUT2D eigenvalue weighted by Crippen LogP contribution is 2.27. The highest BCUT2D eigenvalue weighted by Gasteiger charge is 2.33. The van der Waals surface area contributed by atoms with Gasteiger partial charge in [-0.1, -0.05) is 12.1 Å². The van der Waals surface area contributed by atoms with Gasteiger partial charge >= 0.3 is 0 Å². The third kappa shape index (κ3) is 5.81. The van der Waals surface area contributed by atoms with E-state index in [1.807, 2.05) is 6.07 Å². The second-order valence-electron chi connectivity index (χ2n) is 8.71. The molecule has 36 heavy (non-hydrogen) atoms. The lowest BCUT2D eigenvalue weighted by Gasteiger charge is -2.34. The summed E-state index contributed by atoms with van der Waals surface area (Å²) < 4.78 is 30.9. The van der Waals surface area contributed by atoms with E-state index >= 15 is 0 Å². The van der Waals surface area contributed by atoms with Crippen molar-refractivity contribution in [1.29, 1.82) is 0 Å². The van der Waals surface area contributed by atoms with Gasteiger partial charge in [0, 0.05) is 13.0 Å². The second kappa shape index (κ2) is 11.0. The average molecular weight is 502 g/mol. The number of aromatic nitrogens is 2. The third-order valence-corrected chi connectivity index (χ3v) is 6.08. The fourth-order valence-corrected chi connectivity index (χ4v) is 3.98. The first-order valence-corrected chi connectivity index (χ1v) is 11.5. The number of nitrogens with one attached hydrogen (secondary N) is 2. The molecule has 192 valence electrons. The van der Waals surface area contributed by atoms with Gasteiger partial charge in [-0.2, -0.15) is 0 Å². The van der Waals surface area contributed by atoms with E-state index < -0.39 is 22.9 Å². The molecule has 2 atom stereocenters. The molecule has 1 aromatic heterocycles. The first kappa shape index (κ1) is 25.5. The highest BCUT2D eigenvalue weighted by atomic mass is 19.1. The molecule has 0 aliphatic carbocycles. The van der Waals surface area contributed by atoms with Crippen LogP contribution in [0.4, 0.5) is 4.39 Å². The van der Waals surface area contributed by atoms with Gasteiger partial charge in [0.1, 0.15) is 16.7 Å². The number of fused-ring (bicyclic) bond motifs is 1. The molecule has 11 heteroatoms. The predicted molar refractivity (Wildman–Crippen MR) is 128 cm³/mol. The largest absolute Gasteiger partial charge is 0.497 e. The van der Waals surface area contributed by atoms with Crippen molar-refractivity contribution in [3.63, 3.8) is 0 Å². The number of carbonyl (C=O) groups excluding carboxylic acids is 1. The molecule has 4 N–H and O–H groups in total. The van der Waals surface area contributed by atoms with Crippen molar-refractivity contribution in [2.24, 2.45) is 0 Å². The molecule has 1 aliphatic heterocycles. The van der Waals surface area contributed by atoms with Crippen molar-refractivity contribution < 1.29 is 33.6 Å². The standard InChI is InChI=1S/C25H28FN3O7/c1-34-17-4-2-3-15(11-17)12-27-24(32)22-28-19-6-5-18(26)21(20(19)23(31)29-22)35-10-8-16-7-9-25(33,13-30)14-36-16/h2-6,11,16,30,33H,7-10,12-14H2,1H3,(H,27,32)(H,28,29,31). The van der Waals surface area contributed by atoms with Gasteiger partial charge in [0.2, 0.25) is 0 Å². The van der Waals surface area contributed by atoms with E-state index in [4.69, 9.17) is 14.2 Å². The summed E-state index contributed by atoms with van der Waals surface area (Å²) in [7, 11) is 1.55. The number of hydrogen-bond donors (Lipinski definition) is 4. The summed E-state index contributed by atoms with van der Waals surface area (Å²) in [5.74, 6) is -1.15. The van der Waals surface area contributed by atoms with Gasteiger partial charge in [-0.3, -0.25) is 9.59 Å². The lowest BCUT2D eigenvalue weighted by Crippen LogP contribution is -2.45. The molecule has 0 bridgehead atoms. The van der Waals surface area contributed by atoms with Crippen molar-refractivity contribution in [1.82, 2.24) is 15.3 Å². The number of rotatable bonds is 9. The van der Waals surface area contributed by atoms with Crippen LogP contribution in [-0.2, 0) is 11.3 Å². The van der Waals surface area contributed by atoms with E-state index in [2.05, 4.69) is 15.3 Å². The fourth-order valence-electron chi connectivity index (χ4n) is 3.98. The Morgan fingerprint density at radius 2 is 2.19 bits per heavy atom. The minimum Gasteiger partial charge on any atom is -0.497 e. The highest BCUT2D eigenvalue weighted by molar-refractivity contribution is 5.93. The van der Waals surface area contributed by atoms with Gasteiger partial charge in [-0.25, -0.2) is 9.37 Å². The third-order valence-electron chi connectivity index (χ3n) is 6.08. The van der Waals surface area contributed by atoms with E-state index in [9.17, 15) is 24.2 Å². The van der Waals surface area contributed by atoms with Gasteiger partial charge in [-0.05, 0) is 42.7 Å². The first-order chi connectivity index (χ1) is 17.3. The van der Waals surface area contributed by atoms with E-state index in [0.717, 1.165) is 11.6 Å². The fraction of sp³-hybridized carbons (Fsp3) is 0.400. The number of hydrogen-bond acceptors (Lipinski definition) is 8. The molecule has 0 spiro atoms. The smallest absolute Gasteiger partial charge is 0.287 e. The Morgan fingerprint density at radius 1 is 1.36 bits per heavy atom. The zero-order valence-electron chi connectivity index (χ0n) is 19.8. The van der Waals surface area contributed by atoms with E-state index in [0.29, 0.717) is 25.0 Å². The van der Waals surface area contributed by atoms with Crippen molar-refractivity contribution >= 4 is 16.8 Å². The molecule has 2 unspecified atom stereocenters. The van der Waals surface area contributed by atoms with Crippen molar-refractivity contribution in [3.05, 3.63) is 64.0 Å². The molecule has 4 rings (SSSR count). The van der Waals surface area contributed by atoms with Gasteiger partial charge in [-0.15, -0.1) is 0 Å². The molecule has 3 aromatic rings. The number of aliphatic hydroxyl groups excluding tert-OH is 1. The van der Waals surface area contributed by atoms with Crippen molar-refractivity contribution in [2.45, 2.75) is 37.5 Å². The molecule has 1 amide bonds. The Kier molecular flexibility index (Phi) is 7.82. The Labute approximate surface area is 206 Å². The Balaban J connectivity index is 1.43. The van der Waals surface area contributed by atoms with Crippen LogP contribution in [0.2, 0.25) is 0 Å². The van der Waals surface area contributed by atoms with Gasteiger partial charge < -0.3 is 34.7 Å². The number of methoxy groups -OCH3 is 1. The van der Waals surface area contributed by atoms with Crippen LogP contribution in [0.15, 0.2) is 41.2 Å². The van der Waals surface area contributed by atoms with Gasteiger partial charge in [0.05, 0.1) is 38.6 Å². The Hall–Kier alpha value is -3.54. The zero-order chi connectivity index (χ0) is 25.7. The van der Waals surface area contributed by atoms with Crippen LogP contribution in [0.5, 0.6) is 11.5 Å². The van der Waals surface area contributed by atoms with Crippen molar-refractivity contribution in [2.75, 3.05) is 26.9 Å². The molecule has 1 fully saturated rings. The van der Waals surface area contributed by atoms with Crippen molar-refractivity contribution in [3.8, 4) is 11.5 Å². The summed E-state index contributed by atoms with van der Waals surface area (Å²) in [5.41, 5.74) is -1.03. The number of benzene rings is 2. The normalized spacial score (nSPS) is 19.7. The zero-order valence-corrected chi connectivity index (χ0v) is 19.8. The topological polar surface area (TPSA) is 143 Å². The molecule has 2 aromatic carbocycles. The minimum absolute atomic E-state index is 0.00302. The predicted octanol–water partition coefficient (Wildman–Crippen LogP) is 1.67. The second-order valence-corrected chi connectivity index (χ2v) is 8.71. The molecule has 2 heterocycles. The molecule has 0 radical (unpaired) electrons. The van der Waals surface area contributed by atoms with Crippen LogP contribution in [0, 0.1) is 5.82 Å². The lowest BCUT2D eigenvalue weighted by molar-refractivity contribution is -0.141. The summed E-state index contributed by atoms with van der Waals surface area (Å²) in [5, 5.41) is 21.8. The van der Waals surface area contributed by atoms with Crippen LogP contribution in [0.25, 0.3) is 10.9 Å². The summed E-state index contributed by atoms with van der Waals surface area (Å²) in [6.45, 7) is -0.133. The molecular weight excluding hydrogens is 473 g/mol. The molecule has 10 nitrogen and oxygen atoms in total. The maximum atomic E-state index is 14.6. The van der Waals surface area contributed by atoms with Crippen LogP contribution >= 0.6 is 0 Å². The monoisotopic (exact) mass is 501 g/mol. The first-order valence-electron chi connectivity index (χ1n) is 11.5. The van der Waals surface area contributed by atoms with Crippen LogP contribution in [0.3, 0.4) is 0 Å². The van der Waals surface area contributed by atoms with E-state index in [-0.39, 0.29) is 54.9 Å². The van der Waals surface area contributed by atoms with Gasteiger partial charge in [0.25, 0.3) is 11.5 Å². The summed E-state index contributed by atoms with van der Waals surface area (Å²) in [4.78, 5) is 32.0. The number of ether oxygens (including phenoxy) is 3. The van der Waals surface area contributed by atoms with Gasteiger partial charge in [0.15, 0.2) is 17.4 Å². The number of halogens is 1. The average Bonchev–Trinajstić information content (AvgIpc) is 2.89. The maximum absolute atomic E-state index is 14.6. The molecule has 1 aliphatic rings. The number of aliphatic hydroxyl groups is 2. The Bertz CT molecular complexity index is 1290. The number of aromatic amines is 1. The lowest BCUT2D eigenvalue weighted by atomic mass is 9.93. The summed E-state index contributed by atoms with van der Waals surface area (Å²) in [6.07, 6.45) is 1.05. The molecule has 1 saturated heterocycles. The minimum atomic E-state index is -1.24. The van der Waals surface area contributed by atoms with Crippen LogP contribution in [0.1, 0.15) is 35.4 Å². The number of amides is 1. The summed E-state index contributed by atoms with van der Waals surface area (Å²) in [6, 6.07) is 9.60. The number of nitrogens with zero attached hydrogens (tertiary/aromatic N) is 1. The van der Waals surface area contributed by atoms with E-state index in [1.165, 1.54) is 6.07 Å². The molecule has 0 saturated carbocycles. The van der Waals surface area contributed by atoms with E-state index in [1.54, 1.807) is 25.3 Å². The number of H-pyrrole nitrogens is 1. The Morgan fingerprint density at radius 3 is 2.92 bits per heavy atom. The SMILES string of the molecule is COc1cccc(CNC(=O)c2nc3ccc(F)c(OCCC4CCC(O)(CO)CO4)c3c(=O)[nH]2)c1.